The predicted octanol–water partition coefficient (Wildman–Crippen LogP) is 6.57. The molecular formula is C26H27BrClFN2O2. The average molecular weight is 534 g/mol. The van der Waals surface area contributed by atoms with E-state index < -0.39 is 40.9 Å². The molecule has 0 amide bonds. The molecule has 4 rings (SSSR count). The normalized spacial score (nSPS) is 28.9. The van der Waals surface area contributed by atoms with Gasteiger partial charge in [0.2, 0.25) is 0 Å². The van der Waals surface area contributed by atoms with E-state index in [2.05, 4.69) is 42.8 Å². The van der Waals surface area contributed by atoms with Gasteiger partial charge in [-0.3, -0.25) is 4.79 Å². The summed E-state index contributed by atoms with van der Waals surface area (Å²) >= 11 is 9.60. The summed E-state index contributed by atoms with van der Waals surface area (Å²) in [6.07, 6.45) is 0.559. The molecule has 4 nitrogen and oxygen atoms in total. The minimum absolute atomic E-state index is 0.200. The molecule has 2 saturated heterocycles. The Morgan fingerprint density at radius 3 is 2.52 bits per heavy atom. The largest absolute Gasteiger partial charge is 0.443 e. The van der Waals surface area contributed by atoms with Gasteiger partial charge >= 0.3 is 5.97 Å². The lowest BCUT2D eigenvalue weighted by atomic mass is 9.62. The monoisotopic (exact) mass is 532 g/mol. The van der Waals surface area contributed by atoms with Crippen LogP contribution in [0.2, 0.25) is 5.02 Å². The Bertz CT molecular complexity index is 1160. The molecule has 0 spiro atoms. The Labute approximate surface area is 207 Å². The van der Waals surface area contributed by atoms with Crippen molar-refractivity contribution >= 4 is 33.5 Å². The molecule has 2 aliphatic rings. The Balaban J connectivity index is 2.09. The lowest BCUT2D eigenvalue weighted by Crippen LogP contribution is -2.52. The van der Waals surface area contributed by atoms with Gasteiger partial charge in [-0.2, -0.15) is 5.26 Å². The minimum atomic E-state index is -1.34. The molecule has 33 heavy (non-hydrogen) atoms. The minimum Gasteiger partial charge on any atom is -0.443 e. The zero-order valence-corrected chi connectivity index (χ0v) is 21.7. The van der Waals surface area contributed by atoms with Crippen molar-refractivity contribution in [3.63, 3.8) is 0 Å². The molecule has 2 aromatic rings. The molecule has 0 aliphatic carbocycles. The topological polar surface area (TPSA) is 53.3 Å². The third-order valence-electron chi connectivity index (χ3n) is 6.76. The van der Waals surface area contributed by atoms with Gasteiger partial charge in [-0.05, 0) is 55.5 Å². The van der Waals surface area contributed by atoms with Gasteiger partial charge < -0.3 is 4.74 Å². The van der Waals surface area contributed by atoms with Gasteiger partial charge in [0, 0.05) is 27.0 Å². The van der Waals surface area contributed by atoms with E-state index in [1.165, 1.54) is 6.07 Å². The van der Waals surface area contributed by atoms with E-state index in [0.29, 0.717) is 6.42 Å². The second-order valence-electron chi connectivity index (χ2n) is 10.6. The quantitative estimate of drug-likeness (QED) is 0.419. The van der Waals surface area contributed by atoms with Crippen LogP contribution in [-0.2, 0) is 14.9 Å². The number of carbonyl (C=O) groups is 1. The molecule has 2 fully saturated rings. The van der Waals surface area contributed by atoms with E-state index >= 15 is 4.39 Å². The summed E-state index contributed by atoms with van der Waals surface area (Å²) < 4.78 is 22.2. The zero-order valence-electron chi connectivity index (χ0n) is 19.3. The fourth-order valence-corrected chi connectivity index (χ4v) is 6.29. The van der Waals surface area contributed by atoms with E-state index in [9.17, 15) is 10.1 Å². The zero-order chi connectivity index (χ0) is 24.3. The number of halogens is 3. The maximum atomic E-state index is 15.6. The fourth-order valence-electron chi connectivity index (χ4n) is 5.71. The van der Waals surface area contributed by atoms with Gasteiger partial charge in [-0.1, -0.05) is 66.5 Å². The molecule has 7 heteroatoms. The van der Waals surface area contributed by atoms with Crippen LogP contribution >= 0.6 is 27.5 Å². The summed E-state index contributed by atoms with van der Waals surface area (Å²) in [6, 6.07) is 13.3. The first-order chi connectivity index (χ1) is 15.3. The highest BCUT2D eigenvalue weighted by molar-refractivity contribution is 9.10. The average Bonchev–Trinajstić information content (AvgIpc) is 3.10. The maximum Gasteiger partial charge on any atom is 0.325 e. The smallest absolute Gasteiger partial charge is 0.325 e. The molecule has 0 bridgehead atoms. The van der Waals surface area contributed by atoms with Crippen molar-refractivity contribution in [2.75, 3.05) is 0 Å². The van der Waals surface area contributed by atoms with Crippen LogP contribution in [-0.4, -0.2) is 28.7 Å². The summed E-state index contributed by atoms with van der Waals surface area (Å²) in [5, 5.41) is 11.2. The number of nitrogens with zero attached hydrogens (tertiary/aromatic N) is 2. The molecular weight excluding hydrogens is 507 g/mol. The molecule has 0 aromatic heterocycles. The van der Waals surface area contributed by atoms with Crippen molar-refractivity contribution in [1.29, 1.82) is 5.26 Å². The highest BCUT2D eigenvalue weighted by Crippen LogP contribution is 2.60. The maximum absolute atomic E-state index is 15.6. The third-order valence-corrected chi connectivity index (χ3v) is 7.48. The van der Waals surface area contributed by atoms with Crippen LogP contribution in [0.1, 0.15) is 58.1 Å². The van der Waals surface area contributed by atoms with Crippen molar-refractivity contribution in [2.45, 2.75) is 70.2 Å². The Morgan fingerprint density at radius 2 is 1.94 bits per heavy atom. The van der Waals surface area contributed by atoms with E-state index in [1.807, 2.05) is 43.0 Å². The lowest BCUT2D eigenvalue weighted by molar-refractivity contribution is -0.152. The number of fused-ring (bicyclic) bond motifs is 1. The number of hydrogen-bond acceptors (Lipinski definition) is 4. The molecule has 0 unspecified atom stereocenters. The number of rotatable bonds is 3. The van der Waals surface area contributed by atoms with Gasteiger partial charge in [0.05, 0.1) is 6.07 Å². The summed E-state index contributed by atoms with van der Waals surface area (Å²) in [5.74, 6) is -1.58. The Hall–Kier alpha value is -1.94. The predicted molar refractivity (Wildman–Crippen MR) is 129 cm³/mol. The highest BCUT2D eigenvalue weighted by atomic mass is 79.9. The van der Waals surface area contributed by atoms with Gasteiger partial charge in [-0.25, -0.2) is 9.29 Å². The van der Waals surface area contributed by atoms with Crippen LogP contribution in [0.15, 0.2) is 46.9 Å². The molecule has 0 N–H and O–H groups in total. The van der Waals surface area contributed by atoms with Gasteiger partial charge in [0.1, 0.15) is 17.3 Å². The highest BCUT2D eigenvalue weighted by Gasteiger charge is 2.70. The first-order valence-corrected chi connectivity index (χ1v) is 12.1. The Morgan fingerprint density at radius 1 is 1.24 bits per heavy atom. The number of esters is 1. The van der Waals surface area contributed by atoms with Crippen LogP contribution in [0.3, 0.4) is 0 Å². The van der Waals surface area contributed by atoms with Crippen molar-refractivity contribution in [3.05, 3.63) is 68.9 Å². The van der Waals surface area contributed by atoms with Crippen molar-refractivity contribution in [3.8, 4) is 6.07 Å². The first kappa shape index (κ1) is 24.2. The number of ether oxygens (including phenoxy) is 1. The molecule has 4 atom stereocenters. The number of carbonyl (C=O) groups excluding carboxylic acids is 1. The molecule has 2 aliphatic heterocycles. The summed E-state index contributed by atoms with van der Waals surface area (Å²) in [6.45, 7) is 9.93. The number of benzene rings is 2. The number of cyclic esters (lactones) is 1. The van der Waals surface area contributed by atoms with Crippen molar-refractivity contribution in [2.24, 2.45) is 5.41 Å². The van der Waals surface area contributed by atoms with Crippen LogP contribution in [0.5, 0.6) is 0 Å². The van der Waals surface area contributed by atoms with Gasteiger partial charge in [-0.15, -0.1) is 0 Å². The number of hydrogen-bond donors (Lipinski definition) is 0. The van der Waals surface area contributed by atoms with Crippen LogP contribution in [0.25, 0.3) is 0 Å². The summed E-state index contributed by atoms with van der Waals surface area (Å²) in [5.41, 5.74) is -1.45. The van der Waals surface area contributed by atoms with Gasteiger partial charge in [0.15, 0.2) is 5.72 Å². The van der Waals surface area contributed by atoms with Gasteiger partial charge in [0.25, 0.3) is 0 Å². The molecule has 0 saturated carbocycles. The second-order valence-corrected chi connectivity index (χ2v) is 12.0. The molecule has 2 aromatic carbocycles. The summed E-state index contributed by atoms with van der Waals surface area (Å²) in [4.78, 5) is 15.3. The Kier molecular flexibility index (Phi) is 5.92. The van der Waals surface area contributed by atoms with E-state index in [1.54, 1.807) is 12.1 Å². The van der Waals surface area contributed by atoms with E-state index in [4.69, 9.17) is 16.3 Å². The molecule has 2 heterocycles. The van der Waals surface area contributed by atoms with Crippen LogP contribution < -0.4 is 0 Å². The molecule has 0 radical (unpaired) electrons. The van der Waals surface area contributed by atoms with E-state index in [0.717, 1.165) is 10.0 Å². The van der Waals surface area contributed by atoms with Crippen molar-refractivity contribution in [1.82, 2.24) is 4.90 Å². The molecule has 174 valence electrons. The first-order valence-electron chi connectivity index (χ1n) is 11.0. The SMILES string of the molecule is CC(C)(C)C[C@@H]1N2[C@H](C(=O)OC2(C)C)[C@H](c2cccc(Br)c2)[C@@]1(C#N)c1ccc(Cl)cc1F. The summed E-state index contributed by atoms with van der Waals surface area (Å²) in [7, 11) is 0. The lowest BCUT2D eigenvalue weighted by Gasteiger charge is -2.42. The van der Waals surface area contributed by atoms with Crippen molar-refractivity contribution < 1.29 is 13.9 Å². The third kappa shape index (κ3) is 3.88. The number of nitriles is 1. The standard InChI is InChI=1S/C26H27BrClFN2O2/c1-24(2,3)13-20-26(14-30,18-10-9-17(28)12-19(18)29)21(15-7-6-8-16(27)11-15)22-23(32)33-25(4,5)31(20)22/h6-12,20-22H,13H2,1-5H3/t20-,21-,22-,26-/m0/s1. The second kappa shape index (κ2) is 8.08. The van der Waals surface area contributed by atoms with Crippen LogP contribution in [0, 0.1) is 22.6 Å². The van der Waals surface area contributed by atoms with Crippen LogP contribution in [0.4, 0.5) is 4.39 Å². The fraction of sp³-hybridized carbons (Fsp3) is 0.462. The van der Waals surface area contributed by atoms with E-state index in [-0.39, 0.29) is 16.0 Å².